The molecule has 13 heavy (non-hydrogen) atoms. The van der Waals surface area contributed by atoms with E-state index in [4.69, 9.17) is 0 Å². The van der Waals surface area contributed by atoms with Crippen LogP contribution in [0, 0.1) is 6.92 Å². The van der Waals surface area contributed by atoms with Gasteiger partial charge in [0, 0.05) is 14.1 Å². The fraction of sp³-hybridized carbons (Fsp3) is 0.571. The van der Waals surface area contributed by atoms with E-state index in [9.17, 15) is 0 Å². The number of hydrogen-bond acceptors (Lipinski definition) is 4. The average molecular weight is 199 g/mol. The van der Waals surface area contributed by atoms with Gasteiger partial charge in [-0.1, -0.05) is 11.3 Å². The van der Waals surface area contributed by atoms with Crippen molar-refractivity contribution >= 4 is 17.3 Å². The highest BCUT2D eigenvalue weighted by atomic mass is 32.1. The second-order valence-corrected chi connectivity index (χ2v) is 3.66. The van der Waals surface area contributed by atoms with E-state index in [1.807, 2.05) is 14.0 Å². The molecule has 1 rings (SSSR count). The maximum atomic E-state index is 3.98. The predicted molar refractivity (Wildman–Crippen MR) is 53.9 cm³/mol. The monoisotopic (exact) mass is 199 g/mol. The quantitative estimate of drug-likeness (QED) is 0.525. The second-order valence-electron chi connectivity index (χ2n) is 2.39. The molecule has 0 atom stereocenters. The van der Waals surface area contributed by atoms with Crippen molar-refractivity contribution in [1.29, 1.82) is 0 Å². The summed E-state index contributed by atoms with van der Waals surface area (Å²) in [6, 6.07) is 0. The Morgan fingerprint density at radius 3 is 2.77 bits per heavy atom. The Labute approximate surface area is 81.3 Å². The molecule has 72 valence electrons. The Hall–Kier alpha value is -1.17. The molecule has 6 heteroatoms. The highest BCUT2D eigenvalue weighted by Crippen LogP contribution is 2.06. The first kappa shape index (κ1) is 9.91. The lowest BCUT2D eigenvalue weighted by molar-refractivity contribution is 0.835. The van der Waals surface area contributed by atoms with Crippen LogP contribution in [0.4, 0.5) is 0 Å². The molecule has 0 aromatic carbocycles. The van der Waals surface area contributed by atoms with Gasteiger partial charge in [-0.2, -0.15) is 0 Å². The predicted octanol–water partition coefficient (Wildman–Crippen LogP) is 0.141. The number of nitrogens with one attached hydrogen (secondary N) is 2. The Morgan fingerprint density at radius 2 is 2.31 bits per heavy atom. The Balaban J connectivity index is 2.43. The molecule has 1 aromatic rings. The summed E-state index contributed by atoms with van der Waals surface area (Å²) in [4.78, 5) is 3.98. The molecule has 5 nitrogen and oxygen atoms in total. The Kier molecular flexibility index (Phi) is 3.63. The highest BCUT2D eigenvalue weighted by molar-refractivity contribution is 7.11. The number of aryl methyl sites for hydroxylation is 1. The van der Waals surface area contributed by atoms with E-state index >= 15 is 0 Å². The lowest BCUT2D eigenvalue weighted by atomic mass is 10.6. The van der Waals surface area contributed by atoms with E-state index in [0.717, 1.165) is 16.0 Å². The molecule has 0 amide bonds. The van der Waals surface area contributed by atoms with Crippen molar-refractivity contribution in [1.82, 2.24) is 20.8 Å². The number of aliphatic imine (C=N–C) groups is 1. The van der Waals surface area contributed by atoms with Gasteiger partial charge in [0.05, 0.1) is 6.54 Å². The number of guanidine groups is 1. The van der Waals surface area contributed by atoms with E-state index in [1.165, 1.54) is 0 Å². The first-order valence-electron chi connectivity index (χ1n) is 3.93. The number of hydrogen-bond donors (Lipinski definition) is 2. The summed E-state index contributed by atoms with van der Waals surface area (Å²) in [5.41, 5.74) is 0. The lowest BCUT2D eigenvalue weighted by Gasteiger charge is -2.05. The molecular formula is C7H13N5S. The van der Waals surface area contributed by atoms with Gasteiger partial charge in [0.1, 0.15) is 10.0 Å². The van der Waals surface area contributed by atoms with Crippen molar-refractivity contribution in [2.24, 2.45) is 4.99 Å². The van der Waals surface area contributed by atoms with Crippen LogP contribution in [0.25, 0.3) is 0 Å². The maximum Gasteiger partial charge on any atom is 0.191 e. The molecule has 0 aliphatic carbocycles. The molecule has 0 saturated carbocycles. The summed E-state index contributed by atoms with van der Waals surface area (Å²) >= 11 is 1.58. The van der Waals surface area contributed by atoms with Gasteiger partial charge in [-0.3, -0.25) is 4.99 Å². The molecule has 2 N–H and O–H groups in total. The van der Waals surface area contributed by atoms with E-state index in [1.54, 1.807) is 18.4 Å². The van der Waals surface area contributed by atoms with Crippen LogP contribution in [-0.2, 0) is 6.54 Å². The standard InChI is InChI=1S/C7H13N5S/c1-5-11-12-6(13-5)4-10-7(8-2)9-3/h4H2,1-3H3,(H2,8,9,10). The molecule has 0 aliphatic heterocycles. The number of rotatable bonds is 2. The van der Waals surface area contributed by atoms with Gasteiger partial charge in [0.15, 0.2) is 5.96 Å². The summed E-state index contributed by atoms with van der Waals surface area (Å²) in [7, 11) is 3.55. The zero-order valence-electron chi connectivity index (χ0n) is 7.96. The highest BCUT2D eigenvalue weighted by Gasteiger charge is 2.00. The van der Waals surface area contributed by atoms with E-state index in [0.29, 0.717) is 6.54 Å². The van der Waals surface area contributed by atoms with Crippen LogP contribution in [0.15, 0.2) is 4.99 Å². The van der Waals surface area contributed by atoms with Crippen molar-refractivity contribution in [3.63, 3.8) is 0 Å². The smallest absolute Gasteiger partial charge is 0.191 e. The molecule has 1 heterocycles. The molecule has 0 spiro atoms. The fourth-order valence-electron chi connectivity index (χ4n) is 0.848. The van der Waals surface area contributed by atoms with Crippen LogP contribution in [0.2, 0.25) is 0 Å². The summed E-state index contributed by atoms with van der Waals surface area (Å²) < 4.78 is 0. The van der Waals surface area contributed by atoms with Gasteiger partial charge in [0.2, 0.25) is 0 Å². The molecule has 0 saturated heterocycles. The summed E-state index contributed by atoms with van der Waals surface area (Å²) in [6.07, 6.45) is 0. The third-order valence-corrected chi connectivity index (χ3v) is 2.27. The molecule has 0 bridgehead atoms. The van der Waals surface area contributed by atoms with E-state index < -0.39 is 0 Å². The van der Waals surface area contributed by atoms with E-state index in [2.05, 4.69) is 25.8 Å². The lowest BCUT2D eigenvalue weighted by Crippen LogP contribution is -2.34. The van der Waals surface area contributed by atoms with Crippen LogP contribution in [0.1, 0.15) is 10.0 Å². The largest absolute Gasteiger partial charge is 0.359 e. The van der Waals surface area contributed by atoms with Crippen molar-refractivity contribution < 1.29 is 0 Å². The maximum absolute atomic E-state index is 3.98. The minimum Gasteiger partial charge on any atom is -0.359 e. The van der Waals surface area contributed by atoms with Crippen LogP contribution in [0.3, 0.4) is 0 Å². The summed E-state index contributed by atoms with van der Waals surface area (Å²) in [5, 5.41) is 15.9. The second kappa shape index (κ2) is 4.76. The van der Waals surface area contributed by atoms with Gasteiger partial charge in [-0.05, 0) is 6.92 Å². The minimum absolute atomic E-state index is 0.666. The molecular weight excluding hydrogens is 186 g/mol. The molecule has 0 radical (unpaired) electrons. The van der Waals surface area contributed by atoms with Crippen LogP contribution in [0.5, 0.6) is 0 Å². The topological polar surface area (TPSA) is 62.2 Å². The zero-order chi connectivity index (χ0) is 9.68. The van der Waals surface area contributed by atoms with E-state index in [-0.39, 0.29) is 0 Å². The first-order chi connectivity index (χ1) is 6.26. The van der Waals surface area contributed by atoms with Gasteiger partial charge in [-0.15, -0.1) is 10.2 Å². The summed E-state index contributed by atoms with van der Waals surface area (Å²) in [6.45, 7) is 2.60. The molecule has 1 aromatic heterocycles. The van der Waals surface area contributed by atoms with Crippen molar-refractivity contribution in [3.05, 3.63) is 10.0 Å². The number of aromatic nitrogens is 2. The van der Waals surface area contributed by atoms with Crippen LogP contribution < -0.4 is 10.6 Å². The first-order valence-corrected chi connectivity index (χ1v) is 4.75. The van der Waals surface area contributed by atoms with Crippen LogP contribution >= 0.6 is 11.3 Å². The molecule has 0 unspecified atom stereocenters. The van der Waals surface area contributed by atoms with Crippen LogP contribution in [-0.4, -0.2) is 30.3 Å². The molecule has 0 fully saturated rings. The zero-order valence-corrected chi connectivity index (χ0v) is 8.77. The minimum atomic E-state index is 0.666. The van der Waals surface area contributed by atoms with Crippen molar-refractivity contribution in [2.75, 3.05) is 14.1 Å². The Bertz CT molecular complexity index is 293. The third kappa shape index (κ3) is 2.98. The summed E-state index contributed by atoms with van der Waals surface area (Å²) in [5.74, 6) is 0.757. The fourth-order valence-corrected chi connectivity index (χ4v) is 1.50. The Morgan fingerprint density at radius 1 is 1.54 bits per heavy atom. The average Bonchev–Trinajstić information content (AvgIpc) is 2.53. The number of nitrogens with zero attached hydrogens (tertiary/aromatic N) is 3. The van der Waals surface area contributed by atoms with Gasteiger partial charge in [0.25, 0.3) is 0 Å². The van der Waals surface area contributed by atoms with Crippen molar-refractivity contribution in [2.45, 2.75) is 13.5 Å². The normalized spacial score (nSPS) is 11.5. The van der Waals surface area contributed by atoms with Gasteiger partial charge in [-0.25, -0.2) is 0 Å². The molecule has 0 aliphatic rings. The van der Waals surface area contributed by atoms with Gasteiger partial charge >= 0.3 is 0 Å². The van der Waals surface area contributed by atoms with Crippen molar-refractivity contribution in [3.8, 4) is 0 Å². The van der Waals surface area contributed by atoms with Gasteiger partial charge < -0.3 is 10.6 Å². The third-order valence-electron chi connectivity index (χ3n) is 1.44. The SMILES string of the molecule is CN=C(NC)NCc1nnc(C)s1.